The molecule has 16 heavy (non-hydrogen) atoms. The maximum absolute atomic E-state index is 9.77. The fourth-order valence-corrected chi connectivity index (χ4v) is 1.81. The third kappa shape index (κ3) is 2.12. The molecule has 1 aliphatic heterocycles. The van der Waals surface area contributed by atoms with Crippen LogP contribution in [0.5, 0.6) is 0 Å². The van der Waals surface area contributed by atoms with Gasteiger partial charge in [0.05, 0.1) is 6.10 Å². The van der Waals surface area contributed by atoms with E-state index in [0.29, 0.717) is 18.2 Å². The first-order chi connectivity index (χ1) is 7.70. The van der Waals surface area contributed by atoms with Gasteiger partial charge in [-0.05, 0) is 24.5 Å². The van der Waals surface area contributed by atoms with Gasteiger partial charge >= 0.3 is 0 Å². The number of β-amino-alcohol motifs (C(OH)–C–C–N with tert-alkyl or cyclic N) is 1. The molecule has 0 spiro atoms. The van der Waals surface area contributed by atoms with E-state index in [4.69, 9.17) is 5.26 Å². The first kappa shape index (κ1) is 10.8. The smallest absolute Gasteiger partial charge is 0.163 e. The molecule has 0 bridgehead atoms. The second-order valence-corrected chi connectivity index (χ2v) is 4.17. The summed E-state index contributed by atoms with van der Waals surface area (Å²) in [6.45, 7) is 3.51. The van der Waals surface area contributed by atoms with Crippen LogP contribution in [0.25, 0.3) is 0 Å². The van der Waals surface area contributed by atoms with E-state index in [2.05, 4.69) is 10.2 Å². The Morgan fingerprint density at radius 3 is 2.88 bits per heavy atom. The molecule has 0 saturated carbocycles. The second-order valence-electron chi connectivity index (χ2n) is 4.17. The van der Waals surface area contributed by atoms with Crippen molar-refractivity contribution in [2.24, 2.45) is 5.92 Å². The van der Waals surface area contributed by atoms with Crippen molar-refractivity contribution in [1.82, 2.24) is 10.2 Å². The summed E-state index contributed by atoms with van der Waals surface area (Å²) in [7, 11) is 0. The molecule has 2 rings (SSSR count). The van der Waals surface area contributed by atoms with Gasteiger partial charge in [-0.3, -0.25) is 0 Å². The van der Waals surface area contributed by atoms with E-state index >= 15 is 0 Å². The van der Waals surface area contributed by atoms with Gasteiger partial charge in [0.1, 0.15) is 6.07 Å². The molecule has 2 heterocycles. The minimum atomic E-state index is -0.314. The molecule has 2 unspecified atom stereocenters. The normalized spacial score (nSPS) is 25.2. The van der Waals surface area contributed by atoms with E-state index < -0.39 is 0 Å². The minimum absolute atomic E-state index is 0.314. The molecule has 0 amide bonds. The van der Waals surface area contributed by atoms with Crippen LogP contribution in [-0.2, 0) is 0 Å². The highest BCUT2D eigenvalue weighted by Gasteiger charge is 2.25. The van der Waals surface area contributed by atoms with Crippen molar-refractivity contribution >= 4 is 5.82 Å². The topological polar surface area (TPSA) is 73.0 Å². The molecule has 0 radical (unpaired) electrons. The number of anilines is 1. The highest BCUT2D eigenvalue weighted by molar-refractivity contribution is 5.39. The van der Waals surface area contributed by atoms with Crippen LogP contribution in [-0.4, -0.2) is 34.5 Å². The van der Waals surface area contributed by atoms with Crippen molar-refractivity contribution in [3.8, 4) is 6.07 Å². The molecule has 1 aromatic rings. The fourth-order valence-electron chi connectivity index (χ4n) is 1.81. The van der Waals surface area contributed by atoms with Crippen molar-refractivity contribution in [3.63, 3.8) is 0 Å². The van der Waals surface area contributed by atoms with E-state index in [1.807, 2.05) is 17.9 Å². The Morgan fingerprint density at radius 2 is 2.31 bits per heavy atom. The van der Waals surface area contributed by atoms with Gasteiger partial charge in [0, 0.05) is 13.1 Å². The highest BCUT2D eigenvalue weighted by atomic mass is 16.3. The summed E-state index contributed by atoms with van der Waals surface area (Å²) in [5, 5.41) is 26.1. The van der Waals surface area contributed by atoms with E-state index in [1.165, 1.54) is 0 Å². The molecule has 1 aromatic heterocycles. The van der Waals surface area contributed by atoms with Gasteiger partial charge in [-0.25, -0.2) is 0 Å². The summed E-state index contributed by atoms with van der Waals surface area (Å²) < 4.78 is 0. The number of aliphatic hydroxyl groups is 1. The monoisotopic (exact) mass is 218 g/mol. The first-order valence-corrected chi connectivity index (χ1v) is 5.37. The summed E-state index contributed by atoms with van der Waals surface area (Å²) in [6, 6.07) is 5.35. The maximum atomic E-state index is 9.77. The number of piperidine rings is 1. The Morgan fingerprint density at radius 1 is 1.50 bits per heavy atom. The number of aromatic nitrogens is 2. The largest absolute Gasteiger partial charge is 0.391 e. The van der Waals surface area contributed by atoms with Crippen LogP contribution >= 0.6 is 0 Å². The van der Waals surface area contributed by atoms with Crippen LogP contribution in [0.4, 0.5) is 5.82 Å². The standard InChI is InChI=1S/C11H14N4O/c1-8-4-5-15(7-10(8)16)11-3-2-9(6-12)13-14-11/h2-3,8,10,16H,4-5,7H2,1H3. The van der Waals surface area contributed by atoms with E-state index in [9.17, 15) is 5.11 Å². The van der Waals surface area contributed by atoms with Gasteiger partial charge in [0.15, 0.2) is 11.5 Å². The van der Waals surface area contributed by atoms with Gasteiger partial charge in [-0.15, -0.1) is 10.2 Å². The van der Waals surface area contributed by atoms with Crippen molar-refractivity contribution in [2.75, 3.05) is 18.0 Å². The molecule has 1 aliphatic rings. The van der Waals surface area contributed by atoms with E-state index in [-0.39, 0.29) is 6.10 Å². The molecule has 5 heteroatoms. The number of nitriles is 1. The lowest BCUT2D eigenvalue weighted by Crippen LogP contribution is -2.43. The van der Waals surface area contributed by atoms with Gasteiger partial charge in [-0.2, -0.15) is 5.26 Å². The summed E-state index contributed by atoms with van der Waals surface area (Å²) in [5.41, 5.74) is 0.315. The Hall–Kier alpha value is -1.67. The molecular formula is C11H14N4O. The van der Waals surface area contributed by atoms with Gasteiger partial charge in [-0.1, -0.05) is 6.92 Å². The molecule has 1 N–H and O–H groups in total. The van der Waals surface area contributed by atoms with Gasteiger partial charge in [0.25, 0.3) is 0 Å². The zero-order valence-electron chi connectivity index (χ0n) is 9.17. The van der Waals surface area contributed by atoms with Crippen LogP contribution in [0.3, 0.4) is 0 Å². The predicted octanol–water partition coefficient (Wildman–Crippen LogP) is 0.555. The number of hydrogen-bond donors (Lipinski definition) is 1. The van der Waals surface area contributed by atoms with Gasteiger partial charge < -0.3 is 10.0 Å². The molecule has 0 aromatic carbocycles. The number of aliphatic hydroxyl groups excluding tert-OH is 1. The molecule has 5 nitrogen and oxygen atoms in total. The summed E-state index contributed by atoms with van der Waals surface area (Å²) in [5.74, 6) is 1.06. The van der Waals surface area contributed by atoms with Crippen LogP contribution in [0.2, 0.25) is 0 Å². The number of hydrogen-bond acceptors (Lipinski definition) is 5. The Bertz CT molecular complexity index is 397. The van der Waals surface area contributed by atoms with Crippen LogP contribution in [0, 0.1) is 17.2 Å². The third-order valence-electron chi connectivity index (χ3n) is 3.01. The van der Waals surface area contributed by atoms with Crippen molar-refractivity contribution in [1.29, 1.82) is 5.26 Å². The summed E-state index contributed by atoms with van der Waals surface area (Å²) in [4.78, 5) is 2.00. The molecule has 84 valence electrons. The molecule has 2 atom stereocenters. The molecule has 1 saturated heterocycles. The molecule has 0 aliphatic carbocycles. The fraction of sp³-hybridized carbons (Fsp3) is 0.545. The Kier molecular flexibility index (Phi) is 3.02. The zero-order valence-corrected chi connectivity index (χ0v) is 9.17. The highest BCUT2D eigenvalue weighted by Crippen LogP contribution is 2.21. The van der Waals surface area contributed by atoms with Crippen LogP contribution in [0.1, 0.15) is 19.0 Å². The third-order valence-corrected chi connectivity index (χ3v) is 3.01. The van der Waals surface area contributed by atoms with Crippen molar-refractivity contribution in [3.05, 3.63) is 17.8 Å². The molecule has 1 fully saturated rings. The maximum Gasteiger partial charge on any atom is 0.163 e. The Balaban J connectivity index is 2.10. The van der Waals surface area contributed by atoms with Crippen molar-refractivity contribution < 1.29 is 5.11 Å². The number of rotatable bonds is 1. The second kappa shape index (κ2) is 4.45. The minimum Gasteiger partial charge on any atom is -0.391 e. The predicted molar refractivity (Wildman–Crippen MR) is 58.7 cm³/mol. The lowest BCUT2D eigenvalue weighted by atomic mass is 9.96. The lowest BCUT2D eigenvalue weighted by Gasteiger charge is -2.34. The summed E-state index contributed by atoms with van der Waals surface area (Å²) in [6.07, 6.45) is 0.634. The average Bonchev–Trinajstić information content (AvgIpc) is 2.33. The summed E-state index contributed by atoms with van der Waals surface area (Å²) >= 11 is 0. The zero-order chi connectivity index (χ0) is 11.5. The van der Waals surface area contributed by atoms with Crippen LogP contribution < -0.4 is 4.90 Å². The van der Waals surface area contributed by atoms with E-state index in [1.54, 1.807) is 12.1 Å². The Labute approximate surface area is 94.3 Å². The van der Waals surface area contributed by atoms with Crippen LogP contribution in [0.15, 0.2) is 12.1 Å². The van der Waals surface area contributed by atoms with Crippen molar-refractivity contribution in [2.45, 2.75) is 19.4 Å². The molecular weight excluding hydrogens is 204 g/mol. The SMILES string of the molecule is CC1CCN(c2ccc(C#N)nn2)CC1O. The quantitative estimate of drug-likeness (QED) is 0.745. The first-order valence-electron chi connectivity index (χ1n) is 5.37. The lowest BCUT2D eigenvalue weighted by molar-refractivity contribution is 0.102. The average molecular weight is 218 g/mol. The number of nitrogens with zero attached hydrogens (tertiary/aromatic N) is 4. The van der Waals surface area contributed by atoms with E-state index in [0.717, 1.165) is 18.8 Å². The van der Waals surface area contributed by atoms with Gasteiger partial charge in [0.2, 0.25) is 0 Å².